The molecule has 1 atom stereocenters. The maximum Gasteiger partial charge on any atom is 0.226 e. The fourth-order valence-corrected chi connectivity index (χ4v) is 1.83. The Bertz CT molecular complexity index is 529. The van der Waals surface area contributed by atoms with Crippen LogP contribution >= 0.6 is 0 Å². The molecule has 1 aromatic rings. The first-order valence-corrected chi connectivity index (χ1v) is 6.14. The number of carbonyl (C=O) groups excluding carboxylic acids is 2. The number of carbonyl (C=O) groups is 2. The minimum Gasteiger partial charge on any atom is -0.384 e. The van der Waals surface area contributed by atoms with E-state index in [0.29, 0.717) is 6.54 Å². The van der Waals surface area contributed by atoms with Gasteiger partial charge in [0.25, 0.3) is 0 Å². The van der Waals surface area contributed by atoms with E-state index in [0.717, 1.165) is 11.1 Å². The van der Waals surface area contributed by atoms with Crippen LogP contribution in [0.1, 0.15) is 28.6 Å². The van der Waals surface area contributed by atoms with Crippen molar-refractivity contribution in [2.45, 2.75) is 26.8 Å². The molecule has 0 saturated heterocycles. The molecule has 104 valence electrons. The van der Waals surface area contributed by atoms with Crippen molar-refractivity contribution < 1.29 is 18.4 Å². The lowest BCUT2D eigenvalue weighted by molar-refractivity contribution is -0.130. The van der Waals surface area contributed by atoms with E-state index in [4.69, 9.17) is 4.11 Å². The van der Waals surface area contributed by atoms with Gasteiger partial charge in [-0.1, -0.05) is 29.8 Å². The SMILES string of the molecule is [2H]C([2H])([2H])OC[C@@H](CC(C)=O)C(=O)NCc1cccc(C)c1. The summed E-state index contributed by atoms with van der Waals surface area (Å²) in [5, 5.41) is 2.71. The molecule has 0 unspecified atom stereocenters. The van der Waals surface area contributed by atoms with Crippen LogP contribution in [-0.2, 0) is 20.9 Å². The minimum absolute atomic E-state index is 0.0459. The van der Waals surface area contributed by atoms with Gasteiger partial charge in [0.05, 0.1) is 16.6 Å². The number of aryl methyl sites for hydroxylation is 1. The molecule has 0 saturated carbocycles. The normalized spacial score (nSPS) is 14.9. The van der Waals surface area contributed by atoms with E-state index < -0.39 is 13.0 Å². The second kappa shape index (κ2) is 7.69. The fraction of sp³-hybridized carbons (Fsp3) is 0.467. The highest BCUT2D eigenvalue weighted by atomic mass is 16.5. The van der Waals surface area contributed by atoms with Crippen LogP contribution in [0.4, 0.5) is 0 Å². The first-order valence-electron chi connectivity index (χ1n) is 7.64. The van der Waals surface area contributed by atoms with Gasteiger partial charge in [-0.2, -0.15) is 0 Å². The standard InChI is InChI=1S/C15H21NO3/c1-11-5-4-6-13(7-11)9-16-15(18)14(10-19-3)8-12(2)17/h4-7,14H,8-10H2,1-3H3,(H,16,18)/t14-/m1/s1/i3D3. The highest BCUT2D eigenvalue weighted by molar-refractivity contribution is 5.85. The molecule has 0 aliphatic carbocycles. The summed E-state index contributed by atoms with van der Waals surface area (Å²) in [6.45, 7) is 3.32. The summed E-state index contributed by atoms with van der Waals surface area (Å²) in [6.07, 6.45) is -0.0459. The van der Waals surface area contributed by atoms with Crippen LogP contribution in [0.3, 0.4) is 0 Å². The Morgan fingerprint density at radius 1 is 1.47 bits per heavy atom. The number of rotatable bonds is 7. The first-order chi connectivity index (χ1) is 10.2. The molecule has 0 bridgehead atoms. The van der Waals surface area contributed by atoms with Crippen molar-refractivity contribution >= 4 is 11.7 Å². The highest BCUT2D eigenvalue weighted by Crippen LogP contribution is 2.07. The predicted octanol–water partition coefficient (Wildman–Crippen LogP) is 1.85. The number of hydrogen-bond donors (Lipinski definition) is 1. The second-order valence-corrected chi connectivity index (χ2v) is 4.62. The van der Waals surface area contributed by atoms with Crippen LogP contribution in [0.25, 0.3) is 0 Å². The van der Waals surface area contributed by atoms with E-state index in [1.54, 1.807) is 0 Å². The van der Waals surface area contributed by atoms with Crippen LogP contribution in [-0.4, -0.2) is 25.3 Å². The van der Waals surface area contributed by atoms with Crippen LogP contribution in [0, 0.1) is 12.8 Å². The second-order valence-electron chi connectivity index (χ2n) is 4.62. The molecule has 0 fully saturated rings. The quantitative estimate of drug-likeness (QED) is 0.819. The molecular weight excluding hydrogens is 242 g/mol. The summed E-state index contributed by atoms with van der Waals surface area (Å²) in [7, 11) is -2.58. The number of amides is 1. The number of benzene rings is 1. The van der Waals surface area contributed by atoms with Gasteiger partial charge >= 0.3 is 0 Å². The molecule has 4 nitrogen and oxygen atoms in total. The Hall–Kier alpha value is -1.68. The van der Waals surface area contributed by atoms with Crippen LogP contribution in [0.5, 0.6) is 0 Å². The summed E-state index contributed by atoms with van der Waals surface area (Å²) < 4.78 is 25.7. The third-order valence-corrected chi connectivity index (χ3v) is 2.74. The number of nitrogens with one attached hydrogen (secondary N) is 1. The molecule has 1 amide bonds. The minimum atomic E-state index is -2.58. The Morgan fingerprint density at radius 3 is 2.89 bits per heavy atom. The molecule has 0 aromatic heterocycles. The molecule has 0 radical (unpaired) electrons. The Labute approximate surface area is 118 Å². The van der Waals surface area contributed by atoms with Crippen molar-refractivity contribution in [1.29, 1.82) is 0 Å². The van der Waals surface area contributed by atoms with E-state index in [1.807, 2.05) is 31.2 Å². The average Bonchev–Trinajstić information content (AvgIpc) is 2.39. The van der Waals surface area contributed by atoms with E-state index in [-0.39, 0.29) is 24.7 Å². The topological polar surface area (TPSA) is 55.4 Å². The van der Waals surface area contributed by atoms with Gasteiger partial charge < -0.3 is 14.8 Å². The molecule has 4 heteroatoms. The summed E-state index contributed by atoms with van der Waals surface area (Å²) in [5.41, 5.74) is 2.02. The molecule has 0 aliphatic heterocycles. The summed E-state index contributed by atoms with van der Waals surface area (Å²) in [4.78, 5) is 23.4. The van der Waals surface area contributed by atoms with Crippen molar-refractivity contribution in [3.05, 3.63) is 35.4 Å². The zero-order valence-electron chi connectivity index (χ0n) is 14.2. The van der Waals surface area contributed by atoms with Gasteiger partial charge in [0, 0.05) is 20.0 Å². The summed E-state index contributed by atoms with van der Waals surface area (Å²) in [5.74, 6) is -1.38. The molecule has 0 spiro atoms. The molecular formula is C15H21NO3. The van der Waals surface area contributed by atoms with Crippen LogP contribution < -0.4 is 5.32 Å². The van der Waals surface area contributed by atoms with Crippen LogP contribution in [0.15, 0.2) is 24.3 Å². The number of ketones is 1. The maximum absolute atomic E-state index is 12.1. The Kier molecular flexibility index (Phi) is 4.52. The lowest BCUT2D eigenvalue weighted by atomic mass is 10.0. The summed E-state index contributed by atoms with van der Waals surface area (Å²) in [6, 6.07) is 7.67. The molecule has 1 N–H and O–H groups in total. The van der Waals surface area contributed by atoms with Crippen molar-refractivity contribution in [1.82, 2.24) is 5.32 Å². The number of Topliss-reactive ketones (excluding diaryl/α,β-unsaturated/α-hetero) is 1. The first kappa shape index (κ1) is 11.2. The number of hydrogen-bond acceptors (Lipinski definition) is 3. The van der Waals surface area contributed by atoms with Crippen molar-refractivity contribution in [2.24, 2.45) is 5.92 Å². The lowest BCUT2D eigenvalue weighted by Crippen LogP contribution is -2.33. The fourth-order valence-electron chi connectivity index (χ4n) is 1.83. The number of ether oxygens (including phenoxy) is 1. The van der Waals surface area contributed by atoms with E-state index in [2.05, 4.69) is 10.1 Å². The predicted molar refractivity (Wildman–Crippen MR) is 73.7 cm³/mol. The van der Waals surface area contributed by atoms with Gasteiger partial charge in [0.1, 0.15) is 5.78 Å². The number of methoxy groups -OCH3 is 1. The van der Waals surface area contributed by atoms with Crippen LogP contribution in [0.2, 0.25) is 0 Å². The van der Waals surface area contributed by atoms with Gasteiger partial charge in [-0.05, 0) is 19.4 Å². The third kappa shape index (κ3) is 5.66. The van der Waals surface area contributed by atoms with E-state index in [9.17, 15) is 9.59 Å². The summed E-state index contributed by atoms with van der Waals surface area (Å²) >= 11 is 0. The smallest absolute Gasteiger partial charge is 0.226 e. The van der Waals surface area contributed by atoms with Crippen molar-refractivity contribution in [2.75, 3.05) is 13.6 Å². The largest absolute Gasteiger partial charge is 0.384 e. The van der Waals surface area contributed by atoms with Gasteiger partial charge in [-0.15, -0.1) is 0 Å². The maximum atomic E-state index is 12.1. The zero-order valence-corrected chi connectivity index (χ0v) is 11.2. The van der Waals surface area contributed by atoms with E-state index in [1.165, 1.54) is 6.92 Å². The molecule has 1 aromatic carbocycles. The molecule has 0 aliphatic rings. The highest BCUT2D eigenvalue weighted by Gasteiger charge is 2.19. The van der Waals surface area contributed by atoms with Gasteiger partial charge in [0.15, 0.2) is 0 Å². The van der Waals surface area contributed by atoms with Gasteiger partial charge in [-0.3, -0.25) is 4.79 Å². The zero-order chi connectivity index (χ0) is 16.8. The Balaban J connectivity index is 2.60. The van der Waals surface area contributed by atoms with Crippen molar-refractivity contribution in [3.63, 3.8) is 0 Å². The van der Waals surface area contributed by atoms with Crippen molar-refractivity contribution in [3.8, 4) is 0 Å². The molecule has 0 heterocycles. The average molecular weight is 266 g/mol. The van der Waals surface area contributed by atoms with Gasteiger partial charge in [-0.25, -0.2) is 0 Å². The molecule has 19 heavy (non-hydrogen) atoms. The monoisotopic (exact) mass is 266 g/mol. The Morgan fingerprint density at radius 2 is 2.26 bits per heavy atom. The lowest BCUT2D eigenvalue weighted by Gasteiger charge is -2.14. The van der Waals surface area contributed by atoms with Gasteiger partial charge in [0.2, 0.25) is 5.91 Å². The van der Waals surface area contributed by atoms with E-state index >= 15 is 0 Å². The molecule has 1 rings (SSSR count). The third-order valence-electron chi connectivity index (χ3n) is 2.74.